The number of nitrogens with zero attached hydrogens (tertiary/aromatic N) is 14. The van der Waals surface area contributed by atoms with E-state index in [1.807, 2.05) is 115 Å². The predicted octanol–water partition coefficient (Wildman–Crippen LogP) is 14.8. The maximum absolute atomic E-state index is 14.6. The molecule has 8 aromatic rings. The Morgan fingerprint density at radius 1 is 0.426 bits per heavy atom. The van der Waals surface area contributed by atoms with Crippen LogP contribution in [0.2, 0.25) is 0 Å². The van der Waals surface area contributed by atoms with Crippen LogP contribution in [0.4, 0.5) is 9.59 Å². The summed E-state index contributed by atoms with van der Waals surface area (Å²) < 4.78 is 24.0. The molecule has 4 aromatic heterocycles. The molecule has 6 aliphatic heterocycles. The van der Waals surface area contributed by atoms with Crippen LogP contribution in [0.3, 0.4) is 0 Å². The van der Waals surface area contributed by atoms with Crippen molar-refractivity contribution >= 4 is 91.3 Å². The van der Waals surface area contributed by atoms with Crippen molar-refractivity contribution in [2.45, 2.75) is 290 Å². The monoisotopic (exact) mass is 1860 g/mol. The van der Waals surface area contributed by atoms with Gasteiger partial charge in [-0.2, -0.15) is 14.9 Å². The highest BCUT2D eigenvalue weighted by atomic mass is 16.6. The second-order valence-electron chi connectivity index (χ2n) is 42.0. The number of likely N-dealkylation sites (tertiary alicyclic amines) is 4. The molecule has 136 heavy (non-hydrogen) atoms. The molecule has 18 rings (SSSR count). The average Bonchev–Trinajstić information content (AvgIpc) is 1.56. The summed E-state index contributed by atoms with van der Waals surface area (Å²) in [5.74, 6) is -0.856. The molecule has 0 unspecified atom stereocenters. The second kappa shape index (κ2) is 42.5. The summed E-state index contributed by atoms with van der Waals surface area (Å²) in [4.78, 5) is 157. The van der Waals surface area contributed by atoms with Crippen LogP contribution in [-0.2, 0) is 71.2 Å². The van der Waals surface area contributed by atoms with E-state index in [-0.39, 0.29) is 102 Å². The minimum Gasteiger partial charge on any atom is -0.443 e. The fourth-order valence-corrected chi connectivity index (χ4v) is 22.8. The number of carbonyl (C=O) groups excluding carboxylic acids is 8. The van der Waals surface area contributed by atoms with Crippen LogP contribution in [0.5, 0.6) is 0 Å². The molecule has 0 radical (unpaired) electrons. The number of urea groups is 2. The van der Waals surface area contributed by atoms with Crippen LogP contribution in [0.15, 0.2) is 107 Å². The summed E-state index contributed by atoms with van der Waals surface area (Å²) in [6.45, 7) is 24.0. The minimum atomic E-state index is -0.803. The maximum atomic E-state index is 14.6. The Morgan fingerprint density at radius 3 is 1.21 bits per heavy atom. The molecule has 2 N–H and O–H groups in total. The molecule has 29 heteroatoms. The highest BCUT2D eigenvalue weighted by molar-refractivity contribution is 5.97. The van der Waals surface area contributed by atoms with Crippen molar-refractivity contribution in [2.24, 2.45) is 21.7 Å². The number of para-hydroxylation sites is 2. The number of rotatable bonds is 34. The zero-order valence-corrected chi connectivity index (χ0v) is 81.9. The molecular formula is C107H146N16O13. The lowest BCUT2D eigenvalue weighted by atomic mass is 9.89. The summed E-state index contributed by atoms with van der Waals surface area (Å²) in [5.41, 5.74) is 6.25. The van der Waals surface area contributed by atoms with Crippen molar-refractivity contribution in [3.05, 3.63) is 151 Å². The number of aryl methyl sites for hydroxylation is 2. The number of unbranched alkanes of at least 4 members (excludes halogenated alkanes) is 4. The Hall–Kier alpha value is -10.4. The van der Waals surface area contributed by atoms with E-state index in [0.29, 0.717) is 114 Å². The Bertz CT molecular complexity index is 5770. The highest BCUT2D eigenvalue weighted by Gasteiger charge is 2.54. The summed E-state index contributed by atoms with van der Waals surface area (Å²) >= 11 is 0. The molecular weight excluding hydrogens is 1720 g/mol. The predicted molar refractivity (Wildman–Crippen MR) is 526 cm³/mol. The number of hydrogen-bond donors (Lipinski definition) is 2. The second-order valence-corrected chi connectivity index (χ2v) is 42.0. The van der Waals surface area contributed by atoms with E-state index < -0.39 is 22.9 Å². The number of aromatic nitrogens is 6. The van der Waals surface area contributed by atoms with Crippen molar-refractivity contribution in [1.82, 2.24) is 78.5 Å². The molecule has 0 spiro atoms. The minimum absolute atomic E-state index is 0.0414. The molecule has 10 aliphatic rings. The molecule has 0 bridgehead atoms. The van der Waals surface area contributed by atoms with Crippen LogP contribution >= 0.6 is 0 Å². The van der Waals surface area contributed by atoms with Gasteiger partial charge in [0, 0.05) is 132 Å². The van der Waals surface area contributed by atoms with Gasteiger partial charge in [0.2, 0.25) is 11.8 Å². The summed E-state index contributed by atoms with van der Waals surface area (Å²) in [7, 11) is 4.35. The fourth-order valence-electron chi connectivity index (χ4n) is 22.8. The number of piperazine rings is 2. The van der Waals surface area contributed by atoms with Gasteiger partial charge in [-0.25, -0.2) is 14.3 Å². The smallest absolute Gasteiger partial charge is 0.318 e. The number of ether oxygens (including phenoxy) is 3. The number of nitrogens with one attached hydrogen (secondary N) is 2. The molecule has 10 fully saturated rings. The van der Waals surface area contributed by atoms with E-state index in [0.717, 1.165) is 272 Å². The van der Waals surface area contributed by atoms with Gasteiger partial charge in [-0.1, -0.05) is 128 Å². The molecule has 4 aromatic carbocycles. The first kappa shape index (κ1) is 97.3. The first-order valence-electron chi connectivity index (χ1n) is 51.6. The molecule has 732 valence electrons. The third-order valence-electron chi connectivity index (χ3n) is 32.4. The molecule has 4 saturated carbocycles. The molecule has 6 amide bonds. The van der Waals surface area contributed by atoms with Gasteiger partial charge in [0.25, 0.3) is 17.0 Å². The number of esters is 3. The van der Waals surface area contributed by atoms with Crippen molar-refractivity contribution in [2.75, 3.05) is 119 Å². The van der Waals surface area contributed by atoms with Crippen LogP contribution in [0.25, 0.3) is 43.6 Å². The number of amides is 6. The quantitative estimate of drug-likeness (QED) is 0.0280. The Morgan fingerprint density at radius 2 is 0.809 bits per heavy atom. The van der Waals surface area contributed by atoms with E-state index in [9.17, 15) is 47.9 Å². The number of piperidine rings is 4. The summed E-state index contributed by atoms with van der Waals surface area (Å²) in [5, 5.41) is 19.3. The van der Waals surface area contributed by atoms with E-state index in [1.165, 1.54) is 0 Å². The summed E-state index contributed by atoms with van der Waals surface area (Å²) in [6, 6.07) is 26.4. The molecule has 4 aliphatic carbocycles. The zero-order valence-electron chi connectivity index (χ0n) is 81.9. The number of fused-ring (bicyclic) bond motifs is 4. The van der Waals surface area contributed by atoms with Crippen molar-refractivity contribution in [3.8, 4) is 0 Å². The lowest BCUT2D eigenvalue weighted by Crippen LogP contribution is -2.59. The van der Waals surface area contributed by atoms with Crippen LogP contribution < -0.4 is 21.8 Å². The van der Waals surface area contributed by atoms with Gasteiger partial charge >= 0.3 is 30.0 Å². The summed E-state index contributed by atoms with van der Waals surface area (Å²) in [6.07, 6.45) is 29.5. The molecule has 29 nitrogen and oxygen atoms in total. The average molecular weight is 1860 g/mol. The van der Waals surface area contributed by atoms with Gasteiger partial charge in [-0.3, -0.25) is 57.3 Å². The number of pyridine rings is 2. The van der Waals surface area contributed by atoms with E-state index in [4.69, 9.17) is 19.3 Å². The molecule has 10 heterocycles. The van der Waals surface area contributed by atoms with Gasteiger partial charge in [0.05, 0.1) is 49.9 Å². The SMILES string of the molecule is CCCCC1(C(=O)OCn2c(=O)c(C3CCN(C(=O)N[C@H](Cc4cc(C)c5c(cnn5C(=O)C5(CCCC)CC5)c4)C(=O)N4CCN(C5CCN(C)CC5)CC4)CC3)cc3ccccc32)CC1.CCCCC1(C(=O)OCn2cc3cc(C[C@@H](NC(=O)N4CCC(c5cc6ccccc6n(COC(=O)C6(CCCC)CC6)c5=O)CC4)C(=O)N4CCN(C5CCN(C)CC5)CC4)cc(C)c3n2)CC1. The van der Waals surface area contributed by atoms with E-state index in [1.54, 1.807) is 34.5 Å². The van der Waals surface area contributed by atoms with Crippen molar-refractivity contribution < 1.29 is 52.6 Å². The van der Waals surface area contributed by atoms with Gasteiger partial charge in [-0.05, 0) is 264 Å². The number of hydrogen-bond acceptors (Lipinski definition) is 19. The highest BCUT2D eigenvalue weighted by Crippen LogP contribution is 2.54. The Kier molecular flexibility index (Phi) is 30.4. The van der Waals surface area contributed by atoms with E-state index >= 15 is 0 Å². The maximum Gasteiger partial charge on any atom is 0.318 e. The fraction of sp³-hybridized carbons (Fsp3) is 0.626. The van der Waals surface area contributed by atoms with Gasteiger partial charge in [0.15, 0.2) is 20.2 Å². The van der Waals surface area contributed by atoms with Crippen LogP contribution in [0, 0.1) is 35.5 Å². The largest absolute Gasteiger partial charge is 0.443 e. The number of benzene rings is 4. The van der Waals surface area contributed by atoms with Crippen molar-refractivity contribution in [1.29, 1.82) is 0 Å². The number of carbonyl (C=O) groups is 8. The lowest BCUT2D eigenvalue weighted by molar-refractivity contribution is -0.155. The first-order valence-corrected chi connectivity index (χ1v) is 51.6. The third kappa shape index (κ3) is 21.9. The van der Waals surface area contributed by atoms with E-state index in [2.05, 4.69) is 77.1 Å². The normalized spacial score (nSPS) is 20.4. The Labute approximate surface area is 800 Å². The van der Waals surface area contributed by atoms with Crippen molar-refractivity contribution in [3.63, 3.8) is 0 Å². The topological polar surface area (TPSA) is 294 Å². The lowest BCUT2D eigenvalue weighted by Gasteiger charge is -2.43. The molecule has 6 saturated heterocycles. The third-order valence-corrected chi connectivity index (χ3v) is 32.4. The van der Waals surface area contributed by atoms with Gasteiger partial charge < -0.3 is 54.2 Å². The van der Waals surface area contributed by atoms with Gasteiger partial charge in [0.1, 0.15) is 12.1 Å². The van der Waals surface area contributed by atoms with Crippen LogP contribution in [-0.4, -0.2) is 259 Å². The zero-order chi connectivity index (χ0) is 95.2. The standard InChI is InChI=1S/C54H74N8O7.C53H72N8O6/c1-5-7-17-53(19-20-53)50(65)68-36-61-35-42-32-39(31-38(3)47(42)56-61)33-45(49(64)59-29-27-58(28-30-59)43-15-23-57(4)24-16-43)55-52(67)60-25-13-40(14-26-60)44-34-41-11-9-10-12-46(41)62(48(44)63)37-69-51(66)54(21-22-54)18-8-6-2;1-5-7-17-52(19-20-52)49(64)61-46-37(3)31-38(32-41(46)35-54-61)33-44(48(63)58-29-27-57(28-30-58)42-15-23-56(4)24-16-42)55-51(66)59-25-13-39(14-26-59)43-34-40-11-9-10-12-45(40)60(47(43)62)36-67-50(65)53(21-22-53)18-8-6-2/h9-12,31-32,34-35,40,43,45H,5-8,13-30,33,36-37H2,1-4H3,(H,55,67);9-12,31-32,34-35,39,42,44H,5-8,13-30,33,36H2,1-4H3,(H,55,66)/t45-;44-/m11/s1. The van der Waals surface area contributed by atoms with Crippen LogP contribution in [0.1, 0.15) is 257 Å². The van der Waals surface area contributed by atoms with Gasteiger partial charge in [-0.15, -0.1) is 0 Å². The molecule has 2 atom stereocenters. The Balaban J connectivity index is 0.000000189. The first-order chi connectivity index (χ1) is 65.8.